The Hall–Kier alpha value is -1.87. The third-order valence-corrected chi connectivity index (χ3v) is 5.02. The van der Waals surface area contributed by atoms with Crippen molar-refractivity contribution in [1.82, 2.24) is 4.57 Å². The number of benzene rings is 1. The molecule has 0 spiro atoms. The van der Waals surface area contributed by atoms with Crippen molar-refractivity contribution < 1.29 is 0 Å². The van der Waals surface area contributed by atoms with Crippen molar-refractivity contribution in [3.63, 3.8) is 0 Å². The standard InChI is InChI=1S/C20H26N2O/c1-14-8-9-15(2)18(12-14)19-11-10-16(13-21)20(23)22(19)17-6-4-3-5-7-17/h8-12,17H,3-7,13,21H2,1-2H3. The van der Waals surface area contributed by atoms with Gasteiger partial charge < -0.3 is 10.3 Å². The molecule has 1 aliphatic rings. The first-order chi connectivity index (χ1) is 11.1. The van der Waals surface area contributed by atoms with Crippen molar-refractivity contribution in [3.8, 4) is 11.3 Å². The predicted molar refractivity (Wildman–Crippen MR) is 95.6 cm³/mol. The molecule has 0 unspecified atom stereocenters. The molecule has 2 aromatic rings. The summed E-state index contributed by atoms with van der Waals surface area (Å²) in [6.45, 7) is 4.51. The van der Waals surface area contributed by atoms with Crippen LogP contribution in [0.1, 0.15) is 54.8 Å². The van der Waals surface area contributed by atoms with Crippen LogP contribution in [0.15, 0.2) is 35.1 Å². The second-order valence-electron chi connectivity index (χ2n) is 6.73. The van der Waals surface area contributed by atoms with Crippen LogP contribution >= 0.6 is 0 Å². The van der Waals surface area contributed by atoms with Crippen LogP contribution in [-0.4, -0.2) is 4.57 Å². The SMILES string of the molecule is Cc1ccc(C)c(-c2ccc(CN)c(=O)n2C2CCCCC2)c1. The molecule has 2 N–H and O–H groups in total. The molecule has 1 aliphatic carbocycles. The van der Waals surface area contributed by atoms with Gasteiger partial charge >= 0.3 is 0 Å². The van der Waals surface area contributed by atoms with Gasteiger partial charge in [0.1, 0.15) is 0 Å². The average Bonchev–Trinajstić information content (AvgIpc) is 2.57. The maximum absolute atomic E-state index is 13.0. The summed E-state index contributed by atoms with van der Waals surface area (Å²) in [5, 5.41) is 0. The summed E-state index contributed by atoms with van der Waals surface area (Å²) in [4.78, 5) is 13.0. The molecule has 1 heterocycles. The van der Waals surface area contributed by atoms with Gasteiger partial charge in [0.25, 0.3) is 5.56 Å². The van der Waals surface area contributed by atoms with E-state index in [4.69, 9.17) is 5.73 Å². The zero-order valence-electron chi connectivity index (χ0n) is 14.1. The molecule has 23 heavy (non-hydrogen) atoms. The molecule has 0 bridgehead atoms. The molecule has 3 heteroatoms. The molecule has 0 radical (unpaired) electrons. The van der Waals surface area contributed by atoms with E-state index in [0.717, 1.165) is 24.1 Å². The quantitative estimate of drug-likeness (QED) is 0.928. The minimum Gasteiger partial charge on any atom is -0.326 e. The lowest BCUT2D eigenvalue weighted by atomic mass is 9.93. The van der Waals surface area contributed by atoms with E-state index >= 15 is 0 Å². The van der Waals surface area contributed by atoms with Crippen LogP contribution in [0.2, 0.25) is 0 Å². The fraction of sp³-hybridized carbons (Fsp3) is 0.450. The number of aryl methyl sites for hydroxylation is 2. The van der Waals surface area contributed by atoms with Crippen molar-refractivity contribution in [3.05, 3.63) is 57.4 Å². The Labute approximate surface area is 138 Å². The van der Waals surface area contributed by atoms with E-state index in [1.54, 1.807) is 0 Å². The van der Waals surface area contributed by atoms with Gasteiger partial charge in [0.2, 0.25) is 0 Å². The van der Waals surface area contributed by atoms with Gasteiger partial charge in [-0.1, -0.05) is 43.0 Å². The van der Waals surface area contributed by atoms with Gasteiger partial charge in [0.15, 0.2) is 0 Å². The fourth-order valence-electron chi connectivity index (χ4n) is 3.68. The van der Waals surface area contributed by atoms with E-state index in [0.29, 0.717) is 18.2 Å². The summed E-state index contributed by atoms with van der Waals surface area (Å²) >= 11 is 0. The van der Waals surface area contributed by atoms with E-state index in [-0.39, 0.29) is 5.56 Å². The third-order valence-electron chi connectivity index (χ3n) is 5.02. The highest BCUT2D eigenvalue weighted by Crippen LogP contribution is 2.32. The maximum Gasteiger partial charge on any atom is 0.255 e. The molecule has 3 rings (SSSR count). The molecule has 122 valence electrons. The molecule has 0 aliphatic heterocycles. The van der Waals surface area contributed by atoms with E-state index < -0.39 is 0 Å². The van der Waals surface area contributed by atoms with Crippen LogP contribution < -0.4 is 11.3 Å². The monoisotopic (exact) mass is 310 g/mol. The number of hydrogen-bond donors (Lipinski definition) is 1. The second-order valence-corrected chi connectivity index (χ2v) is 6.73. The van der Waals surface area contributed by atoms with Crippen molar-refractivity contribution >= 4 is 0 Å². The smallest absolute Gasteiger partial charge is 0.255 e. The Balaban J connectivity index is 2.21. The van der Waals surface area contributed by atoms with Crippen LogP contribution in [0.3, 0.4) is 0 Å². The number of nitrogens with zero attached hydrogens (tertiary/aromatic N) is 1. The molecular formula is C20H26N2O. The van der Waals surface area contributed by atoms with Gasteiger partial charge in [-0.05, 0) is 44.4 Å². The average molecular weight is 310 g/mol. The summed E-state index contributed by atoms with van der Waals surface area (Å²) in [5.41, 5.74) is 11.2. The van der Waals surface area contributed by atoms with Crippen LogP contribution in [0, 0.1) is 13.8 Å². The van der Waals surface area contributed by atoms with Gasteiger partial charge in [0.05, 0.1) is 5.69 Å². The van der Waals surface area contributed by atoms with Gasteiger partial charge in [-0.3, -0.25) is 4.79 Å². The first-order valence-corrected chi connectivity index (χ1v) is 8.64. The zero-order chi connectivity index (χ0) is 16.4. The fourth-order valence-corrected chi connectivity index (χ4v) is 3.68. The van der Waals surface area contributed by atoms with Gasteiger partial charge in [-0.15, -0.1) is 0 Å². The highest BCUT2D eigenvalue weighted by molar-refractivity contribution is 5.65. The minimum absolute atomic E-state index is 0.0952. The number of pyridine rings is 1. The molecule has 0 saturated heterocycles. The lowest BCUT2D eigenvalue weighted by molar-refractivity contribution is 0.348. The van der Waals surface area contributed by atoms with Crippen molar-refractivity contribution in [2.75, 3.05) is 0 Å². The first kappa shape index (κ1) is 16.0. The summed E-state index contributed by atoms with van der Waals surface area (Å²) in [7, 11) is 0. The lowest BCUT2D eigenvalue weighted by Crippen LogP contribution is -2.31. The molecule has 1 aromatic heterocycles. The van der Waals surface area contributed by atoms with Gasteiger partial charge in [-0.25, -0.2) is 0 Å². The number of hydrogen-bond acceptors (Lipinski definition) is 2. The largest absolute Gasteiger partial charge is 0.326 e. The second kappa shape index (κ2) is 6.71. The Morgan fingerprint density at radius 2 is 1.83 bits per heavy atom. The highest BCUT2D eigenvalue weighted by Gasteiger charge is 2.21. The maximum atomic E-state index is 13.0. The van der Waals surface area contributed by atoms with Crippen LogP contribution in [0.5, 0.6) is 0 Å². The molecule has 3 nitrogen and oxygen atoms in total. The van der Waals surface area contributed by atoms with Crippen molar-refractivity contribution in [2.24, 2.45) is 5.73 Å². The van der Waals surface area contributed by atoms with E-state index in [1.807, 2.05) is 10.6 Å². The number of nitrogens with two attached hydrogens (primary N) is 1. The zero-order valence-corrected chi connectivity index (χ0v) is 14.1. The van der Waals surface area contributed by atoms with E-state index in [2.05, 4.69) is 38.1 Å². The summed E-state index contributed by atoms with van der Waals surface area (Å²) in [6.07, 6.45) is 5.87. The summed E-state index contributed by atoms with van der Waals surface area (Å²) in [6, 6.07) is 10.7. The summed E-state index contributed by atoms with van der Waals surface area (Å²) in [5.74, 6) is 0. The predicted octanol–water partition coefficient (Wildman–Crippen LogP) is 4.10. The normalized spacial score (nSPS) is 15.8. The number of rotatable bonds is 3. The summed E-state index contributed by atoms with van der Waals surface area (Å²) < 4.78 is 2.03. The Bertz CT molecular complexity index is 755. The van der Waals surface area contributed by atoms with Gasteiger partial charge in [0, 0.05) is 23.7 Å². The van der Waals surface area contributed by atoms with E-state index in [9.17, 15) is 4.79 Å². The Kier molecular flexibility index (Phi) is 4.67. The van der Waals surface area contributed by atoms with Crippen molar-refractivity contribution in [1.29, 1.82) is 0 Å². The topological polar surface area (TPSA) is 48.0 Å². The third kappa shape index (κ3) is 3.11. The molecule has 1 aromatic carbocycles. The Morgan fingerprint density at radius 3 is 2.52 bits per heavy atom. The lowest BCUT2D eigenvalue weighted by Gasteiger charge is -2.28. The van der Waals surface area contributed by atoms with E-state index in [1.165, 1.54) is 30.4 Å². The molecule has 1 saturated carbocycles. The molecule has 1 fully saturated rings. The minimum atomic E-state index is 0.0952. The molecular weight excluding hydrogens is 284 g/mol. The highest BCUT2D eigenvalue weighted by atomic mass is 16.1. The number of aromatic nitrogens is 1. The van der Waals surface area contributed by atoms with Crippen LogP contribution in [0.25, 0.3) is 11.3 Å². The molecule has 0 amide bonds. The Morgan fingerprint density at radius 1 is 1.09 bits per heavy atom. The molecule has 0 atom stereocenters. The van der Waals surface area contributed by atoms with Crippen molar-refractivity contribution in [2.45, 2.75) is 58.5 Å². The first-order valence-electron chi connectivity index (χ1n) is 8.64. The van der Waals surface area contributed by atoms with Crippen LogP contribution in [0.4, 0.5) is 0 Å². The van der Waals surface area contributed by atoms with Gasteiger partial charge in [-0.2, -0.15) is 0 Å². The van der Waals surface area contributed by atoms with Crippen LogP contribution in [-0.2, 0) is 6.54 Å².